The van der Waals surface area contributed by atoms with Crippen LogP contribution in [0.2, 0.25) is 5.02 Å². The van der Waals surface area contributed by atoms with Gasteiger partial charge in [0.15, 0.2) is 11.5 Å². The van der Waals surface area contributed by atoms with Gasteiger partial charge in [-0.1, -0.05) is 18.5 Å². The van der Waals surface area contributed by atoms with Crippen molar-refractivity contribution >= 4 is 23.5 Å². The summed E-state index contributed by atoms with van der Waals surface area (Å²) in [5, 5.41) is 0.519. The molecule has 2 rings (SSSR count). The van der Waals surface area contributed by atoms with Gasteiger partial charge in [0, 0.05) is 6.21 Å². The molecule has 24 heavy (non-hydrogen) atoms. The van der Waals surface area contributed by atoms with Crippen LogP contribution in [0.5, 0.6) is 17.2 Å². The van der Waals surface area contributed by atoms with Gasteiger partial charge in [0.1, 0.15) is 5.75 Å². The summed E-state index contributed by atoms with van der Waals surface area (Å²) in [6, 6.07) is 11.2. The van der Waals surface area contributed by atoms with Crippen LogP contribution in [0.4, 0.5) is 5.69 Å². The number of hydrogen-bond acceptors (Lipinski definition) is 4. The Morgan fingerprint density at radius 3 is 2.46 bits per heavy atom. The highest BCUT2D eigenvalue weighted by Gasteiger charge is 2.11. The largest absolute Gasteiger partial charge is 0.497 e. The van der Waals surface area contributed by atoms with Crippen LogP contribution in [0.3, 0.4) is 0 Å². The number of hydrogen-bond donors (Lipinski definition) is 0. The van der Waals surface area contributed by atoms with Crippen molar-refractivity contribution in [3.63, 3.8) is 0 Å². The van der Waals surface area contributed by atoms with Crippen LogP contribution in [0, 0.1) is 0 Å². The minimum atomic E-state index is 0.519. The Hall–Kier alpha value is -2.20. The molecule has 0 saturated carbocycles. The lowest BCUT2D eigenvalue weighted by Crippen LogP contribution is -2.01. The van der Waals surface area contributed by atoms with Crippen LogP contribution in [0.1, 0.15) is 25.8 Å². The van der Waals surface area contributed by atoms with Crippen LogP contribution >= 0.6 is 11.6 Å². The third-order valence-corrected chi connectivity index (χ3v) is 3.50. The second-order valence-corrected chi connectivity index (χ2v) is 5.47. The molecular formula is C19H22ClNO3. The van der Waals surface area contributed by atoms with E-state index in [-0.39, 0.29) is 0 Å². The molecule has 128 valence electrons. The summed E-state index contributed by atoms with van der Waals surface area (Å²) < 4.78 is 16.5. The number of nitrogens with zero attached hydrogens (tertiary/aromatic N) is 1. The van der Waals surface area contributed by atoms with Crippen molar-refractivity contribution in [2.24, 2.45) is 4.99 Å². The van der Waals surface area contributed by atoms with Crippen molar-refractivity contribution < 1.29 is 14.2 Å². The van der Waals surface area contributed by atoms with Crippen molar-refractivity contribution in [1.29, 1.82) is 0 Å². The predicted octanol–water partition coefficient (Wildman–Crippen LogP) is 5.29. The van der Waals surface area contributed by atoms with E-state index in [0.717, 1.165) is 23.4 Å². The summed E-state index contributed by atoms with van der Waals surface area (Å²) >= 11 is 6.34. The molecule has 0 heterocycles. The molecule has 0 aliphatic rings. The minimum Gasteiger partial charge on any atom is -0.497 e. The summed E-state index contributed by atoms with van der Waals surface area (Å²) in [4.78, 5) is 4.45. The molecule has 0 aliphatic heterocycles. The Morgan fingerprint density at radius 1 is 1.08 bits per heavy atom. The molecule has 0 aliphatic carbocycles. The first kappa shape index (κ1) is 18.1. The maximum atomic E-state index is 6.34. The summed E-state index contributed by atoms with van der Waals surface area (Å²) in [5.74, 6) is 2.02. The van der Waals surface area contributed by atoms with E-state index < -0.39 is 0 Å². The zero-order valence-electron chi connectivity index (χ0n) is 14.2. The summed E-state index contributed by atoms with van der Waals surface area (Å²) in [5.41, 5.74) is 1.68. The van der Waals surface area contributed by atoms with Crippen LogP contribution in [-0.2, 0) is 0 Å². The van der Waals surface area contributed by atoms with Gasteiger partial charge in [0.25, 0.3) is 0 Å². The molecule has 2 aromatic carbocycles. The van der Waals surface area contributed by atoms with Crippen molar-refractivity contribution in [3.8, 4) is 17.2 Å². The van der Waals surface area contributed by atoms with Crippen LogP contribution in [-0.4, -0.2) is 26.5 Å². The fourth-order valence-electron chi connectivity index (χ4n) is 2.09. The van der Waals surface area contributed by atoms with Crippen molar-refractivity contribution in [1.82, 2.24) is 0 Å². The van der Waals surface area contributed by atoms with Crippen LogP contribution in [0.25, 0.3) is 0 Å². The molecule has 0 N–H and O–H groups in total. The van der Waals surface area contributed by atoms with E-state index in [1.807, 2.05) is 50.2 Å². The molecule has 4 nitrogen and oxygen atoms in total. The number of methoxy groups -OCH3 is 1. The van der Waals surface area contributed by atoms with Crippen molar-refractivity contribution in [3.05, 3.63) is 47.0 Å². The van der Waals surface area contributed by atoms with E-state index in [1.165, 1.54) is 0 Å². The van der Waals surface area contributed by atoms with Crippen molar-refractivity contribution in [2.75, 3.05) is 20.3 Å². The van der Waals surface area contributed by atoms with E-state index in [2.05, 4.69) is 4.99 Å². The average molecular weight is 348 g/mol. The Kier molecular flexibility index (Phi) is 6.94. The molecular weight excluding hydrogens is 326 g/mol. The first-order chi connectivity index (χ1) is 11.7. The Balaban J connectivity index is 2.24. The number of rotatable bonds is 8. The topological polar surface area (TPSA) is 40.0 Å². The van der Waals surface area contributed by atoms with Gasteiger partial charge in [-0.2, -0.15) is 0 Å². The highest BCUT2D eigenvalue weighted by molar-refractivity contribution is 6.32. The maximum absolute atomic E-state index is 6.34. The Bertz CT molecular complexity index is 684. The number of halogens is 1. The van der Waals surface area contributed by atoms with E-state index in [0.29, 0.717) is 29.7 Å². The molecule has 0 bridgehead atoms. The van der Waals surface area contributed by atoms with Gasteiger partial charge in [-0.25, -0.2) is 0 Å². The molecule has 0 aromatic heterocycles. The highest BCUT2D eigenvalue weighted by atomic mass is 35.5. The van der Waals surface area contributed by atoms with E-state index >= 15 is 0 Å². The van der Waals surface area contributed by atoms with Gasteiger partial charge in [0.2, 0.25) is 0 Å². The molecule has 0 spiro atoms. The number of ether oxygens (including phenoxy) is 3. The second-order valence-electron chi connectivity index (χ2n) is 5.07. The molecule has 0 unspecified atom stereocenters. The summed E-state index contributed by atoms with van der Waals surface area (Å²) in [7, 11) is 1.64. The Labute approximate surface area is 148 Å². The van der Waals surface area contributed by atoms with Gasteiger partial charge in [0.05, 0.1) is 31.0 Å². The van der Waals surface area contributed by atoms with Gasteiger partial charge >= 0.3 is 0 Å². The van der Waals surface area contributed by atoms with Crippen LogP contribution < -0.4 is 14.2 Å². The van der Waals surface area contributed by atoms with Crippen LogP contribution in [0.15, 0.2) is 41.4 Å². The van der Waals surface area contributed by atoms with E-state index in [9.17, 15) is 0 Å². The smallest absolute Gasteiger partial charge is 0.179 e. The molecule has 0 fully saturated rings. The fourth-order valence-corrected chi connectivity index (χ4v) is 2.36. The van der Waals surface area contributed by atoms with Crippen molar-refractivity contribution in [2.45, 2.75) is 20.3 Å². The van der Waals surface area contributed by atoms with Gasteiger partial charge < -0.3 is 14.2 Å². The molecule has 0 saturated heterocycles. The zero-order chi connectivity index (χ0) is 17.4. The monoisotopic (exact) mass is 347 g/mol. The molecule has 5 heteroatoms. The third-order valence-electron chi connectivity index (χ3n) is 3.22. The lowest BCUT2D eigenvalue weighted by molar-refractivity contribution is 0.277. The standard InChI is InChI=1S/C19H22ClNO3/c1-4-10-24-19-17(20)11-14(12-18(19)23-5-2)13-21-15-6-8-16(22-3)9-7-15/h6-9,11-13H,4-5,10H2,1-3H3. The molecule has 0 amide bonds. The van der Waals surface area contributed by atoms with E-state index in [1.54, 1.807) is 13.3 Å². The lowest BCUT2D eigenvalue weighted by Gasteiger charge is -2.13. The number of aliphatic imine (C=N–C) groups is 1. The number of benzene rings is 2. The third kappa shape index (κ3) is 4.90. The average Bonchev–Trinajstić information content (AvgIpc) is 2.60. The van der Waals surface area contributed by atoms with Gasteiger partial charge in [-0.3, -0.25) is 4.99 Å². The Morgan fingerprint density at radius 2 is 1.83 bits per heavy atom. The quantitative estimate of drug-likeness (QED) is 0.609. The second kappa shape index (κ2) is 9.18. The van der Waals surface area contributed by atoms with Gasteiger partial charge in [-0.15, -0.1) is 0 Å². The van der Waals surface area contributed by atoms with Gasteiger partial charge in [-0.05, 0) is 55.3 Å². The minimum absolute atomic E-state index is 0.519. The maximum Gasteiger partial charge on any atom is 0.179 e. The zero-order valence-corrected chi connectivity index (χ0v) is 15.0. The fraction of sp³-hybridized carbons (Fsp3) is 0.316. The molecule has 0 radical (unpaired) electrons. The predicted molar refractivity (Wildman–Crippen MR) is 98.7 cm³/mol. The lowest BCUT2D eigenvalue weighted by atomic mass is 10.2. The summed E-state index contributed by atoms with van der Waals surface area (Å²) in [6.07, 6.45) is 2.66. The SMILES string of the molecule is CCCOc1c(Cl)cc(C=Nc2ccc(OC)cc2)cc1OCC. The highest BCUT2D eigenvalue weighted by Crippen LogP contribution is 2.36. The first-order valence-corrected chi connectivity index (χ1v) is 8.33. The first-order valence-electron chi connectivity index (χ1n) is 7.95. The van der Waals surface area contributed by atoms with E-state index in [4.69, 9.17) is 25.8 Å². The summed E-state index contributed by atoms with van der Waals surface area (Å²) in [6.45, 7) is 5.11. The molecule has 0 atom stereocenters. The molecule has 2 aromatic rings. The normalized spacial score (nSPS) is 10.8.